The molecule has 0 fully saturated rings. The van der Waals surface area contributed by atoms with Crippen molar-refractivity contribution >= 4 is 0 Å². The normalized spacial score (nSPS) is 1.06. The molecule has 0 bridgehead atoms. The zero-order valence-electron chi connectivity index (χ0n) is 12.4. The molecule has 0 atom stereocenters. The van der Waals surface area contributed by atoms with E-state index in [0.29, 0.717) is 0 Å². The fraction of sp³-hybridized carbons (Fsp3) is 0.667. The molecular formula is C6H26N2O2Y7-2. The van der Waals surface area contributed by atoms with Crippen molar-refractivity contribution in [2.45, 2.75) is 13.8 Å². The molecule has 0 aromatic carbocycles. The second kappa shape index (κ2) is 210. The van der Waals surface area contributed by atoms with Crippen LogP contribution in [0, 0.1) is 14.9 Å². The van der Waals surface area contributed by atoms with Crippen molar-refractivity contribution in [2.24, 2.45) is 0 Å². The van der Waals surface area contributed by atoms with Gasteiger partial charge in [-0.3, -0.25) is 0 Å². The quantitative estimate of drug-likeness (QED) is 0.280. The Morgan fingerprint density at radius 1 is 0.412 bits per heavy atom. The van der Waals surface area contributed by atoms with Crippen LogP contribution in [0.4, 0.5) is 0 Å². The van der Waals surface area contributed by atoms with E-state index in [0.717, 1.165) is 14.2 Å². The Balaban J connectivity index is -0.000000000500. The molecule has 7 radical (unpaired) electrons. The Morgan fingerprint density at radius 2 is 0.412 bits per heavy atom. The third-order valence-electron chi connectivity index (χ3n) is 0. The van der Waals surface area contributed by atoms with Gasteiger partial charge in [-0.05, 0) is 0 Å². The van der Waals surface area contributed by atoms with Gasteiger partial charge in [-0.1, -0.05) is 13.8 Å². The Hall–Kier alpha value is 7.57. The standard InChI is InChI=1S/C2H6.2CH4O.2CH3.2H3N.7Y/c3*1-2;;;;;;;;;;;/h1-2H3;2*2H,1H3;4*1H3;;;;;;;/q;;;2*-1;;;;;;;;;. The number of aliphatic hydroxyl groups excluding tert-OH is 2. The van der Waals surface area contributed by atoms with Gasteiger partial charge in [-0.15, -0.1) is 0 Å². The van der Waals surface area contributed by atoms with Crippen LogP contribution in [0.2, 0.25) is 0 Å². The summed E-state index contributed by atoms with van der Waals surface area (Å²) >= 11 is 0. The first-order valence-corrected chi connectivity index (χ1v) is 1.89. The second-order valence-corrected chi connectivity index (χ2v) is 0. The summed E-state index contributed by atoms with van der Waals surface area (Å²) in [6.45, 7) is 4.00. The van der Waals surface area contributed by atoms with Crippen LogP contribution in [-0.4, -0.2) is 24.4 Å². The summed E-state index contributed by atoms with van der Waals surface area (Å²) < 4.78 is 0. The second-order valence-electron chi connectivity index (χ2n) is 0. The molecule has 8 N–H and O–H groups in total. The van der Waals surface area contributed by atoms with E-state index in [-0.39, 0.29) is 256 Å². The zero-order valence-corrected chi connectivity index (χ0v) is 32.2. The molecular weight excluding hydrogens is 754 g/mol. The summed E-state index contributed by atoms with van der Waals surface area (Å²) in [5.41, 5.74) is 0. The first kappa shape index (κ1) is 122. The van der Waals surface area contributed by atoms with Gasteiger partial charge >= 0.3 is 0 Å². The molecule has 0 rings (SSSR count). The van der Waals surface area contributed by atoms with Crippen LogP contribution in [0.3, 0.4) is 0 Å². The largest absolute Gasteiger partial charge is 0.400 e. The summed E-state index contributed by atoms with van der Waals surface area (Å²) in [5, 5.41) is 14.0. The Morgan fingerprint density at radius 3 is 0.412 bits per heavy atom. The number of aliphatic hydroxyl groups is 2. The third kappa shape index (κ3) is 191. The van der Waals surface area contributed by atoms with Crippen molar-refractivity contribution in [1.82, 2.24) is 12.3 Å². The Bertz CT molecular complexity index is 30.3. The number of hydrogen-bond donors (Lipinski definition) is 4. The van der Waals surface area contributed by atoms with E-state index in [1.807, 2.05) is 13.8 Å². The fourth-order valence-electron chi connectivity index (χ4n) is 0. The summed E-state index contributed by atoms with van der Waals surface area (Å²) in [5.74, 6) is 0. The van der Waals surface area contributed by atoms with Crippen molar-refractivity contribution in [3.05, 3.63) is 14.9 Å². The topological polar surface area (TPSA) is 110 Å². The van der Waals surface area contributed by atoms with Gasteiger partial charge in [0.05, 0.1) is 0 Å². The molecule has 0 amide bonds. The van der Waals surface area contributed by atoms with Crippen molar-refractivity contribution in [3.8, 4) is 0 Å². The van der Waals surface area contributed by atoms with Crippen LogP contribution >= 0.6 is 0 Å². The predicted molar refractivity (Wildman–Crippen MR) is 50.5 cm³/mol. The van der Waals surface area contributed by atoms with Gasteiger partial charge in [0, 0.05) is 243 Å². The fourth-order valence-corrected chi connectivity index (χ4v) is 0. The first-order valence-electron chi connectivity index (χ1n) is 1.89. The summed E-state index contributed by atoms with van der Waals surface area (Å²) in [6, 6.07) is 0. The van der Waals surface area contributed by atoms with Crippen LogP contribution in [0.15, 0.2) is 0 Å². The van der Waals surface area contributed by atoms with Gasteiger partial charge in [-0.25, -0.2) is 0 Å². The molecule has 4 nitrogen and oxygen atoms in total. The van der Waals surface area contributed by atoms with E-state index in [2.05, 4.69) is 0 Å². The molecule has 0 saturated carbocycles. The predicted octanol–water partition coefficient (Wildman–Crippen LogP) is 1.45. The third-order valence-corrected chi connectivity index (χ3v) is 0. The molecule has 17 heavy (non-hydrogen) atoms. The molecule has 0 unspecified atom stereocenters. The molecule has 0 aliphatic rings. The van der Waals surface area contributed by atoms with Crippen molar-refractivity contribution < 1.29 is 239 Å². The molecule has 0 heterocycles. The summed E-state index contributed by atoms with van der Waals surface area (Å²) in [6.07, 6.45) is 0. The van der Waals surface area contributed by atoms with Crippen LogP contribution in [0.1, 0.15) is 13.8 Å². The smallest absolute Gasteiger partial charge is 0.0319 e. The molecule has 0 aliphatic carbocycles. The number of hydrogen-bond acceptors (Lipinski definition) is 4. The SMILES string of the molecule is CC.CO.CO.N.N.[CH3-].[CH3-].[Y].[Y].[Y].[Y].[Y].[Y].[Y]. The molecule has 0 saturated heterocycles. The van der Waals surface area contributed by atoms with Crippen molar-refractivity contribution in [1.29, 1.82) is 0 Å². The molecule has 95 valence electrons. The summed E-state index contributed by atoms with van der Waals surface area (Å²) in [4.78, 5) is 0. The van der Waals surface area contributed by atoms with Crippen LogP contribution in [0.5, 0.6) is 0 Å². The maximum absolute atomic E-state index is 7.00. The zero-order chi connectivity index (χ0) is 6.00. The minimum Gasteiger partial charge on any atom is -0.400 e. The van der Waals surface area contributed by atoms with E-state index in [9.17, 15) is 0 Å². The molecule has 0 spiro atoms. The Kier molecular flexibility index (Phi) is 1510. The minimum atomic E-state index is 0. The van der Waals surface area contributed by atoms with Gasteiger partial charge < -0.3 is 37.4 Å². The van der Waals surface area contributed by atoms with Gasteiger partial charge in [-0.2, -0.15) is 0 Å². The van der Waals surface area contributed by atoms with Gasteiger partial charge in [0.2, 0.25) is 0 Å². The van der Waals surface area contributed by atoms with E-state index in [1.54, 1.807) is 0 Å². The maximum Gasteiger partial charge on any atom is 0.0319 e. The van der Waals surface area contributed by atoms with Crippen molar-refractivity contribution in [3.63, 3.8) is 0 Å². The van der Waals surface area contributed by atoms with E-state index < -0.39 is 0 Å². The molecule has 0 aromatic heterocycles. The van der Waals surface area contributed by atoms with E-state index >= 15 is 0 Å². The minimum absolute atomic E-state index is 0. The first-order chi connectivity index (χ1) is 3.00. The molecule has 0 aliphatic heterocycles. The van der Waals surface area contributed by atoms with Crippen LogP contribution in [0.25, 0.3) is 0 Å². The monoisotopic (exact) mass is 781 g/mol. The van der Waals surface area contributed by atoms with E-state index in [1.165, 1.54) is 0 Å². The summed E-state index contributed by atoms with van der Waals surface area (Å²) in [7, 11) is 2.00. The van der Waals surface area contributed by atoms with Gasteiger partial charge in [0.15, 0.2) is 0 Å². The average Bonchev–Trinajstić information content (AvgIpc) is 1.81. The van der Waals surface area contributed by atoms with Crippen LogP contribution in [-0.2, 0) is 229 Å². The van der Waals surface area contributed by atoms with Gasteiger partial charge in [0.25, 0.3) is 0 Å². The molecule has 0 aromatic rings. The van der Waals surface area contributed by atoms with Crippen molar-refractivity contribution in [2.75, 3.05) is 14.2 Å². The average molecular weight is 781 g/mol. The van der Waals surface area contributed by atoms with E-state index in [4.69, 9.17) is 10.2 Å². The van der Waals surface area contributed by atoms with Gasteiger partial charge in [0.1, 0.15) is 0 Å². The number of rotatable bonds is 0. The molecule has 11 heteroatoms. The van der Waals surface area contributed by atoms with Crippen LogP contribution < -0.4 is 12.3 Å². The maximum atomic E-state index is 7.00. The Labute approximate surface area is 286 Å².